The number of benzene rings is 1. The molecule has 0 atom stereocenters. The summed E-state index contributed by atoms with van der Waals surface area (Å²) in [4.78, 5) is 16.4. The van der Waals surface area contributed by atoms with Crippen LogP contribution in [-0.4, -0.2) is 48.6 Å². The van der Waals surface area contributed by atoms with Crippen molar-refractivity contribution >= 4 is 6.09 Å². The first-order chi connectivity index (χ1) is 10.1. The second-order valence-electron chi connectivity index (χ2n) is 6.61. The molecule has 0 N–H and O–H groups in total. The maximum atomic E-state index is 12.1. The number of carbonyl (C=O) groups is 1. The molecule has 114 valence electrons. The Morgan fingerprint density at radius 3 is 2.43 bits per heavy atom. The maximum Gasteiger partial charge on any atom is 0.410 e. The predicted octanol–water partition coefficient (Wildman–Crippen LogP) is 2.74. The van der Waals surface area contributed by atoms with Crippen LogP contribution < -0.4 is 0 Å². The van der Waals surface area contributed by atoms with Gasteiger partial charge < -0.3 is 9.64 Å². The van der Waals surface area contributed by atoms with Crippen molar-refractivity contribution in [2.24, 2.45) is 5.41 Å². The summed E-state index contributed by atoms with van der Waals surface area (Å²) in [6, 6.07) is 9.83. The lowest BCUT2D eigenvalue weighted by molar-refractivity contribution is 0.0674. The molecule has 21 heavy (non-hydrogen) atoms. The van der Waals surface area contributed by atoms with Crippen LogP contribution in [0.5, 0.6) is 0 Å². The van der Waals surface area contributed by atoms with Crippen LogP contribution in [0.1, 0.15) is 25.3 Å². The van der Waals surface area contributed by atoms with E-state index in [0.29, 0.717) is 12.0 Å². The van der Waals surface area contributed by atoms with Gasteiger partial charge >= 0.3 is 6.09 Å². The molecule has 2 fully saturated rings. The summed E-state index contributed by atoms with van der Waals surface area (Å²) < 4.78 is 5.38. The quantitative estimate of drug-likeness (QED) is 0.854. The van der Waals surface area contributed by atoms with Crippen molar-refractivity contribution in [3.63, 3.8) is 0 Å². The van der Waals surface area contributed by atoms with E-state index in [1.807, 2.05) is 35.2 Å². The number of nitrogens with zero attached hydrogens (tertiary/aromatic N) is 2. The van der Waals surface area contributed by atoms with Gasteiger partial charge in [-0.15, -0.1) is 0 Å². The monoisotopic (exact) mass is 288 g/mol. The maximum absolute atomic E-state index is 12.1. The molecule has 0 radical (unpaired) electrons. The van der Waals surface area contributed by atoms with Gasteiger partial charge in [0.05, 0.1) is 0 Å². The third kappa shape index (κ3) is 3.97. The van der Waals surface area contributed by atoms with E-state index in [0.717, 1.165) is 31.7 Å². The van der Waals surface area contributed by atoms with Gasteiger partial charge in [-0.1, -0.05) is 37.3 Å². The minimum Gasteiger partial charge on any atom is -0.445 e. The fourth-order valence-electron chi connectivity index (χ4n) is 2.81. The molecule has 1 aromatic rings. The third-order valence-electron chi connectivity index (χ3n) is 4.54. The molecule has 0 aromatic heterocycles. The number of rotatable bonds is 4. The van der Waals surface area contributed by atoms with Gasteiger partial charge in [-0.05, 0) is 23.8 Å². The number of carbonyl (C=O) groups excluding carboxylic acids is 1. The van der Waals surface area contributed by atoms with Gasteiger partial charge in [-0.2, -0.15) is 0 Å². The van der Waals surface area contributed by atoms with E-state index in [4.69, 9.17) is 4.74 Å². The molecule has 4 nitrogen and oxygen atoms in total. The molecule has 1 saturated heterocycles. The zero-order chi connectivity index (χ0) is 14.7. The van der Waals surface area contributed by atoms with E-state index in [-0.39, 0.29) is 6.09 Å². The molecule has 1 aliphatic carbocycles. The Kier molecular flexibility index (Phi) is 4.15. The fourth-order valence-corrected chi connectivity index (χ4v) is 2.81. The van der Waals surface area contributed by atoms with Gasteiger partial charge in [0.15, 0.2) is 0 Å². The molecule has 2 aliphatic rings. The van der Waals surface area contributed by atoms with Crippen molar-refractivity contribution < 1.29 is 9.53 Å². The van der Waals surface area contributed by atoms with E-state index in [1.165, 1.54) is 19.4 Å². The van der Waals surface area contributed by atoms with Crippen LogP contribution in [0, 0.1) is 5.41 Å². The summed E-state index contributed by atoms with van der Waals surface area (Å²) in [6.07, 6.45) is 2.52. The first-order valence-electron chi connectivity index (χ1n) is 7.83. The first kappa shape index (κ1) is 14.4. The van der Waals surface area contributed by atoms with E-state index < -0.39 is 0 Å². The Labute approximate surface area is 126 Å². The fraction of sp³-hybridized carbons (Fsp3) is 0.588. The topological polar surface area (TPSA) is 32.8 Å². The molecule has 0 spiro atoms. The second kappa shape index (κ2) is 6.06. The van der Waals surface area contributed by atoms with Crippen molar-refractivity contribution in [1.29, 1.82) is 0 Å². The number of amides is 1. The van der Waals surface area contributed by atoms with Crippen molar-refractivity contribution in [3.8, 4) is 0 Å². The molecular formula is C17H24N2O2. The average molecular weight is 288 g/mol. The third-order valence-corrected chi connectivity index (χ3v) is 4.54. The lowest BCUT2D eigenvalue weighted by Gasteiger charge is -2.35. The van der Waals surface area contributed by atoms with Crippen LogP contribution in [0.4, 0.5) is 4.79 Å². The molecular weight excluding hydrogens is 264 g/mol. The highest BCUT2D eigenvalue weighted by atomic mass is 16.6. The highest BCUT2D eigenvalue weighted by Crippen LogP contribution is 2.45. The van der Waals surface area contributed by atoms with E-state index >= 15 is 0 Å². The molecule has 1 heterocycles. The molecule has 3 rings (SSSR count). The Morgan fingerprint density at radius 1 is 1.14 bits per heavy atom. The first-order valence-corrected chi connectivity index (χ1v) is 7.83. The van der Waals surface area contributed by atoms with Crippen LogP contribution >= 0.6 is 0 Å². The van der Waals surface area contributed by atoms with Crippen LogP contribution in [-0.2, 0) is 11.3 Å². The summed E-state index contributed by atoms with van der Waals surface area (Å²) >= 11 is 0. The largest absolute Gasteiger partial charge is 0.445 e. The highest BCUT2D eigenvalue weighted by molar-refractivity contribution is 5.67. The minimum atomic E-state index is -0.184. The molecule has 1 aliphatic heterocycles. The van der Waals surface area contributed by atoms with Gasteiger partial charge in [-0.25, -0.2) is 4.79 Å². The van der Waals surface area contributed by atoms with Crippen LogP contribution in [0.25, 0.3) is 0 Å². The molecule has 1 saturated carbocycles. The summed E-state index contributed by atoms with van der Waals surface area (Å²) in [6.45, 7) is 7.39. The van der Waals surface area contributed by atoms with E-state index in [9.17, 15) is 4.79 Å². The Hall–Kier alpha value is -1.55. The van der Waals surface area contributed by atoms with Crippen LogP contribution in [0.3, 0.4) is 0 Å². The van der Waals surface area contributed by atoms with Gasteiger partial charge in [0.2, 0.25) is 0 Å². The Balaban J connectivity index is 1.40. The average Bonchev–Trinajstić information content (AvgIpc) is 3.24. The second-order valence-corrected chi connectivity index (χ2v) is 6.61. The molecule has 1 amide bonds. The normalized spacial score (nSPS) is 21.1. The predicted molar refractivity (Wildman–Crippen MR) is 82.0 cm³/mol. The lowest BCUT2D eigenvalue weighted by Crippen LogP contribution is -2.49. The molecule has 0 unspecified atom stereocenters. The van der Waals surface area contributed by atoms with Crippen molar-refractivity contribution in [3.05, 3.63) is 35.9 Å². The van der Waals surface area contributed by atoms with Crippen LogP contribution in [0.2, 0.25) is 0 Å². The molecule has 4 heteroatoms. The number of hydrogen-bond acceptors (Lipinski definition) is 3. The summed E-state index contributed by atoms with van der Waals surface area (Å²) in [5.41, 5.74) is 1.59. The van der Waals surface area contributed by atoms with E-state index in [2.05, 4.69) is 11.8 Å². The van der Waals surface area contributed by atoms with Gasteiger partial charge in [0.25, 0.3) is 0 Å². The Morgan fingerprint density at radius 2 is 1.81 bits per heavy atom. The Bertz CT molecular complexity index is 477. The van der Waals surface area contributed by atoms with Gasteiger partial charge in [-0.3, -0.25) is 4.90 Å². The zero-order valence-corrected chi connectivity index (χ0v) is 12.8. The number of piperazine rings is 1. The summed E-state index contributed by atoms with van der Waals surface area (Å²) in [7, 11) is 0. The number of ether oxygens (including phenoxy) is 1. The van der Waals surface area contributed by atoms with Crippen LogP contribution in [0.15, 0.2) is 30.3 Å². The van der Waals surface area contributed by atoms with Crippen molar-refractivity contribution in [2.75, 3.05) is 32.7 Å². The zero-order valence-electron chi connectivity index (χ0n) is 12.8. The smallest absolute Gasteiger partial charge is 0.410 e. The molecule has 1 aromatic carbocycles. The van der Waals surface area contributed by atoms with Crippen molar-refractivity contribution in [2.45, 2.75) is 26.4 Å². The highest BCUT2D eigenvalue weighted by Gasteiger charge is 2.39. The standard InChI is InChI=1S/C17H24N2O2/c1-17(7-8-17)14-18-9-11-19(12-10-18)16(20)21-13-15-5-3-2-4-6-15/h2-6H,7-14H2,1H3. The van der Waals surface area contributed by atoms with Gasteiger partial charge in [0, 0.05) is 32.7 Å². The SMILES string of the molecule is CC1(CN2CCN(C(=O)OCc3ccccc3)CC2)CC1. The van der Waals surface area contributed by atoms with Gasteiger partial charge in [0.1, 0.15) is 6.61 Å². The number of hydrogen-bond donors (Lipinski definition) is 0. The van der Waals surface area contributed by atoms with E-state index in [1.54, 1.807) is 0 Å². The summed E-state index contributed by atoms with van der Waals surface area (Å²) in [5, 5.41) is 0. The molecule has 0 bridgehead atoms. The minimum absolute atomic E-state index is 0.184. The summed E-state index contributed by atoms with van der Waals surface area (Å²) in [5.74, 6) is 0. The van der Waals surface area contributed by atoms with Crippen molar-refractivity contribution in [1.82, 2.24) is 9.80 Å². The lowest BCUT2D eigenvalue weighted by atomic mass is 10.1.